The zero-order valence-corrected chi connectivity index (χ0v) is 19.7. The monoisotopic (exact) mass is 507 g/mol. The average Bonchev–Trinajstić information content (AvgIpc) is 3.44. The normalized spacial score (nSPS) is 13.0. The van der Waals surface area contributed by atoms with Crippen LogP contribution in [0, 0.1) is 5.92 Å². The van der Waals surface area contributed by atoms with Crippen LogP contribution in [0.3, 0.4) is 0 Å². The quantitative estimate of drug-likeness (QED) is 0.354. The third-order valence-corrected chi connectivity index (χ3v) is 5.51. The molecular weight excluding hydrogens is 487 g/mol. The molecule has 0 aliphatic carbocycles. The van der Waals surface area contributed by atoms with E-state index in [1.54, 1.807) is 19.4 Å². The highest BCUT2D eigenvalue weighted by atomic mass is 35.5. The van der Waals surface area contributed by atoms with Crippen molar-refractivity contribution in [3.05, 3.63) is 64.5 Å². The summed E-state index contributed by atoms with van der Waals surface area (Å²) >= 11 is 6.06. The van der Waals surface area contributed by atoms with E-state index in [1.807, 2.05) is 13.8 Å². The number of aromatic nitrogens is 7. The minimum Gasteiger partial charge on any atom is -0.375 e. The van der Waals surface area contributed by atoms with Gasteiger partial charge in [-0.05, 0) is 17.5 Å². The van der Waals surface area contributed by atoms with Gasteiger partial charge in [0.1, 0.15) is 17.5 Å². The third kappa shape index (κ3) is 5.17. The van der Waals surface area contributed by atoms with Crippen molar-refractivity contribution in [1.82, 2.24) is 34.6 Å². The van der Waals surface area contributed by atoms with Crippen LogP contribution in [0.2, 0.25) is 5.15 Å². The highest BCUT2D eigenvalue weighted by molar-refractivity contribution is 6.29. The van der Waals surface area contributed by atoms with Crippen LogP contribution in [0.15, 0.2) is 36.9 Å². The number of ketones is 1. The number of hydrogen-bond donors (Lipinski definition) is 0. The number of rotatable bonds is 8. The van der Waals surface area contributed by atoms with E-state index in [0.717, 1.165) is 10.9 Å². The van der Waals surface area contributed by atoms with Crippen molar-refractivity contribution in [2.75, 3.05) is 7.11 Å². The van der Waals surface area contributed by atoms with Crippen LogP contribution in [0.4, 0.5) is 13.2 Å². The number of fused-ring (bicyclic) bond motifs is 1. The Hall–Kier alpha value is -3.38. The van der Waals surface area contributed by atoms with Gasteiger partial charge in [-0.15, -0.1) is 4.80 Å². The first-order chi connectivity index (χ1) is 16.6. The Morgan fingerprint density at radius 2 is 1.83 bits per heavy atom. The lowest BCUT2D eigenvalue weighted by Gasteiger charge is -2.23. The molecule has 35 heavy (non-hydrogen) atoms. The van der Waals surface area contributed by atoms with Crippen molar-refractivity contribution in [3.8, 4) is 5.82 Å². The smallest absolute Gasteiger partial charge is 0.375 e. The van der Waals surface area contributed by atoms with Gasteiger partial charge in [0.25, 0.3) is 0 Å². The van der Waals surface area contributed by atoms with E-state index >= 15 is 0 Å². The minimum absolute atomic E-state index is 0.0319. The standard InChI is InChI=1S/C22H21ClF3N7O2/c1-12(2)20(35-3)19-14(11-27-18-9-17(23)31-32(18)19)8-15(34)6-13-7-16(22(24,25)26)21(28-10-13)33-29-4-5-30-33/h4-5,7,9-12,20H,6,8H2,1-3H3/t20-/m0/s1. The minimum atomic E-state index is -4.71. The number of Topliss-reactive ketones (excluding diaryl/α,β-unsaturated/α-hetero) is 1. The Balaban J connectivity index is 1.65. The number of carbonyl (C=O) groups excluding carboxylic acids is 1. The zero-order valence-electron chi connectivity index (χ0n) is 19.0. The maximum atomic E-state index is 13.7. The largest absolute Gasteiger partial charge is 0.420 e. The first-order valence-electron chi connectivity index (χ1n) is 10.6. The van der Waals surface area contributed by atoms with Crippen molar-refractivity contribution in [1.29, 1.82) is 0 Å². The third-order valence-electron chi connectivity index (χ3n) is 5.33. The van der Waals surface area contributed by atoms with Crippen molar-refractivity contribution < 1.29 is 22.7 Å². The summed E-state index contributed by atoms with van der Waals surface area (Å²) in [6, 6.07) is 2.48. The molecule has 0 saturated heterocycles. The lowest BCUT2D eigenvalue weighted by molar-refractivity contribution is -0.138. The van der Waals surface area contributed by atoms with Gasteiger partial charge in [0.05, 0.1) is 18.1 Å². The van der Waals surface area contributed by atoms with Gasteiger partial charge in [-0.2, -0.15) is 28.5 Å². The highest BCUT2D eigenvalue weighted by Gasteiger charge is 2.36. The van der Waals surface area contributed by atoms with Crippen LogP contribution < -0.4 is 0 Å². The van der Waals surface area contributed by atoms with Crippen LogP contribution in [-0.4, -0.2) is 47.5 Å². The molecule has 0 aliphatic heterocycles. The van der Waals surface area contributed by atoms with Gasteiger partial charge in [-0.1, -0.05) is 25.4 Å². The molecule has 0 N–H and O–H groups in total. The number of nitrogens with zero attached hydrogens (tertiary/aromatic N) is 7. The maximum absolute atomic E-state index is 13.7. The Kier molecular flexibility index (Phi) is 6.86. The molecule has 0 bridgehead atoms. The molecule has 4 heterocycles. The molecule has 0 fully saturated rings. The number of methoxy groups -OCH3 is 1. The lowest BCUT2D eigenvalue weighted by Crippen LogP contribution is -2.20. The van der Waals surface area contributed by atoms with E-state index in [-0.39, 0.29) is 35.3 Å². The number of hydrogen-bond acceptors (Lipinski definition) is 7. The molecule has 9 nitrogen and oxygen atoms in total. The first kappa shape index (κ1) is 24.7. The van der Waals surface area contributed by atoms with Crippen molar-refractivity contribution in [2.45, 2.75) is 39.0 Å². The predicted octanol–water partition coefficient (Wildman–Crippen LogP) is 4.08. The highest BCUT2D eigenvalue weighted by Crippen LogP contribution is 2.33. The second-order valence-corrected chi connectivity index (χ2v) is 8.62. The van der Waals surface area contributed by atoms with Crippen molar-refractivity contribution in [3.63, 3.8) is 0 Å². The number of ether oxygens (including phenoxy) is 1. The van der Waals surface area contributed by atoms with E-state index in [1.165, 1.54) is 23.1 Å². The Morgan fingerprint density at radius 1 is 1.11 bits per heavy atom. The molecule has 184 valence electrons. The number of pyridine rings is 1. The first-order valence-corrected chi connectivity index (χ1v) is 11.0. The van der Waals surface area contributed by atoms with Crippen molar-refractivity contribution >= 4 is 23.0 Å². The van der Waals surface area contributed by atoms with Crippen molar-refractivity contribution in [2.24, 2.45) is 5.92 Å². The van der Waals surface area contributed by atoms with Crippen LogP contribution in [0.25, 0.3) is 11.5 Å². The molecule has 0 amide bonds. The van der Waals surface area contributed by atoms with Crippen LogP contribution in [0.5, 0.6) is 0 Å². The van der Waals surface area contributed by atoms with Gasteiger partial charge in [0.15, 0.2) is 16.6 Å². The molecule has 0 aliphatic rings. The van der Waals surface area contributed by atoms with E-state index in [0.29, 0.717) is 16.9 Å². The Morgan fingerprint density at radius 3 is 2.46 bits per heavy atom. The topological polar surface area (TPSA) is 100 Å². The maximum Gasteiger partial charge on any atom is 0.420 e. The summed E-state index contributed by atoms with van der Waals surface area (Å²) in [7, 11) is 1.55. The Labute approximate surface area is 202 Å². The van der Waals surface area contributed by atoms with Gasteiger partial charge in [0.2, 0.25) is 0 Å². The SMILES string of the molecule is CO[C@H](c1c(CC(=O)Cc2cnc(-n3nccn3)c(C(F)(F)F)c2)cnc2cc(Cl)nn12)C(C)C. The molecule has 0 aromatic carbocycles. The summed E-state index contributed by atoms with van der Waals surface area (Å²) < 4.78 is 48.2. The summed E-state index contributed by atoms with van der Waals surface area (Å²) in [5.41, 5.74) is 0.730. The molecule has 0 saturated carbocycles. The summed E-state index contributed by atoms with van der Waals surface area (Å²) in [5.74, 6) is -0.764. The summed E-state index contributed by atoms with van der Waals surface area (Å²) in [6.07, 6.45) is -0.226. The second-order valence-electron chi connectivity index (χ2n) is 8.23. The molecule has 0 radical (unpaired) electrons. The molecule has 13 heteroatoms. The van der Waals surface area contributed by atoms with Gasteiger partial charge >= 0.3 is 6.18 Å². The molecule has 1 atom stereocenters. The molecule has 0 unspecified atom stereocenters. The van der Waals surface area contributed by atoms with Crippen LogP contribution >= 0.6 is 11.6 Å². The van der Waals surface area contributed by atoms with Crippen LogP contribution in [0.1, 0.15) is 42.3 Å². The van der Waals surface area contributed by atoms with E-state index in [9.17, 15) is 18.0 Å². The molecule has 4 rings (SSSR count). The van der Waals surface area contributed by atoms with Gasteiger partial charge in [-0.3, -0.25) is 4.79 Å². The van der Waals surface area contributed by atoms with E-state index < -0.39 is 23.7 Å². The number of carbonyl (C=O) groups is 1. The second kappa shape index (κ2) is 9.70. The fourth-order valence-corrected chi connectivity index (χ4v) is 4.06. The van der Waals surface area contributed by atoms with E-state index in [2.05, 4.69) is 25.3 Å². The molecule has 4 aromatic heterocycles. The van der Waals surface area contributed by atoms with E-state index in [4.69, 9.17) is 16.3 Å². The predicted molar refractivity (Wildman–Crippen MR) is 119 cm³/mol. The summed E-state index contributed by atoms with van der Waals surface area (Å²) in [5, 5.41) is 11.9. The fourth-order valence-electron chi connectivity index (χ4n) is 3.89. The van der Waals surface area contributed by atoms with Crippen LogP contribution in [-0.2, 0) is 28.5 Å². The summed E-state index contributed by atoms with van der Waals surface area (Å²) in [6.45, 7) is 3.91. The zero-order chi connectivity index (χ0) is 25.3. The Bertz CT molecular complexity index is 1350. The summed E-state index contributed by atoms with van der Waals surface area (Å²) in [4.78, 5) is 21.9. The van der Waals surface area contributed by atoms with Gasteiger partial charge in [-0.25, -0.2) is 14.5 Å². The van der Waals surface area contributed by atoms with Gasteiger partial charge < -0.3 is 4.74 Å². The fraction of sp³-hybridized carbons (Fsp3) is 0.364. The lowest BCUT2D eigenvalue weighted by atomic mass is 9.96. The molecule has 4 aromatic rings. The molecule has 0 spiro atoms. The average molecular weight is 508 g/mol. The number of alkyl halides is 3. The molecular formula is C22H21ClF3N7O2. The number of halogens is 4. The van der Waals surface area contributed by atoms with Gasteiger partial charge in [0, 0.05) is 44.0 Å².